The third kappa shape index (κ3) is 64.6. The molecule has 0 aliphatic heterocycles. The van der Waals surface area contributed by atoms with Crippen molar-refractivity contribution in [1.82, 2.24) is 0 Å². The number of phosphoric acid groups is 2. The lowest BCUT2D eigenvalue weighted by Crippen LogP contribution is -2.30. The molecular formula is C70H133O17P2-3. The Morgan fingerprint density at radius 2 is 0.506 bits per heavy atom. The van der Waals surface area contributed by atoms with Crippen molar-refractivity contribution in [1.29, 1.82) is 0 Å². The maximum atomic E-state index is 13.0. The van der Waals surface area contributed by atoms with Gasteiger partial charge >= 0.3 is 39.5 Å². The lowest BCUT2D eigenvalue weighted by atomic mass is 10.0. The van der Waals surface area contributed by atoms with Crippen LogP contribution in [-0.4, -0.2) is 96.7 Å². The molecule has 3 N–H and O–H groups in total. The molecule has 0 saturated carbocycles. The van der Waals surface area contributed by atoms with E-state index in [9.17, 15) is 43.2 Å². The predicted octanol–water partition coefficient (Wildman–Crippen LogP) is 19.7. The van der Waals surface area contributed by atoms with Gasteiger partial charge in [-0.2, -0.15) is 19.3 Å². The molecule has 0 aliphatic carbocycles. The maximum Gasteiger partial charge on any atom is 0.472 e. The van der Waals surface area contributed by atoms with E-state index < -0.39 is 97.5 Å². The summed E-state index contributed by atoms with van der Waals surface area (Å²) in [6.45, 7) is 9.94. The van der Waals surface area contributed by atoms with Gasteiger partial charge in [0.25, 0.3) is 0 Å². The highest BCUT2D eigenvalue weighted by Gasteiger charge is 2.30. The van der Waals surface area contributed by atoms with Gasteiger partial charge in [-0.25, -0.2) is 9.13 Å². The molecule has 0 bridgehead atoms. The van der Waals surface area contributed by atoms with Gasteiger partial charge < -0.3 is 54.6 Å². The fourth-order valence-corrected chi connectivity index (χ4v) is 12.1. The van der Waals surface area contributed by atoms with Crippen molar-refractivity contribution >= 4 is 39.5 Å². The first-order chi connectivity index (χ1) is 43.2. The molecule has 0 heterocycles. The average Bonchev–Trinajstić information content (AvgIpc) is 3.72. The topological polar surface area (TPSA) is 237 Å². The second-order valence-corrected chi connectivity index (χ2v) is 27.7. The zero-order valence-electron chi connectivity index (χ0n) is 56.5. The van der Waals surface area contributed by atoms with E-state index in [-0.39, 0.29) is 25.7 Å². The van der Waals surface area contributed by atoms with Crippen LogP contribution in [0.2, 0.25) is 0 Å². The summed E-state index contributed by atoms with van der Waals surface area (Å²) < 4.78 is 68.2. The molecule has 0 saturated heterocycles. The fourth-order valence-electron chi connectivity index (χ4n) is 10.5. The maximum absolute atomic E-state index is 13.0. The third-order valence-corrected chi connectivity index (χ3v) is 17.9. The zero-order valence-corrected chi connectivity index (χ0v) is 58.3. The Morgan fingerprint density at radius 1 is 0.303 bits per heavy atom. The Balaban J connectivity index is 5.23. The Kier molecular flexibility index (Phi) is 63.3. The summed E-state index contributed by atoms with van der Waals surface area (Å²) in [6.07, 6.45) is 50.6. The van der Waals surface area contributed by atoms with E-state index in [1.54, 1.807) is 0 Å². The van der Waals surface area contributed by atoms with Crippen LogP contribution < -0.4 is 0 Å². The Bertz CT molecular complexity index is 1710. The van der Waals surface area contributed by atoms with Crippen molar-refractivity contribution in [3.8, 4) is 0 Å². The van der Waals surface area contributed by atoms with E-state index in [1.807, 2.05) is 0 Å². The number of aliphatic hydroxyl groups excluding tert-OH is 1. The molecule has 0 rings (SSSR count). The molecule has 0 aliphatic rings. The van der Waals surface area contributed by atoms with Crippen molar-refractivity contribution in [2.45, 2.75) is 366 Å². The molecule has 0 aromatic rings. The summed E-state index contributed by atoms with van der Waals surface area (Å²) >= 11 is 0. The number of hydrogen-bond acceptors (Lipinski definition) is 15. The minimum absolute atomic E-state index is 0.100. The Morgan fingerprint density at radius 3 is 0.742 bits per heavy atom. The lowest BCUT2D eigenvalue weighted by Gasteiger charge is -2.21. The van der Waals surface area contributed by atoms with Crippen molar-refractivity contribution in [2.24, 2.45) is 0 Å². The molecule has 5 atom stereocenters. The summed E-state index contributed by atoms with van der Waals surface area (Å²) in [5.41, 5.74) is 0. The Hall–Kier alpha value is -1.94. The molecule has 0 aromatic heterocycles. The second kappa shape index (κ2) is 64.8. The molecule has 0 amide bonds. The molecule has 0 fully saturated rings. The Labute approximate surface area is 543 Å². The van der Waals surface area contributed by atoms with Gasteiger partial charge in [-0.3, -0.25) is 37.3 Å². The van der Waals surface area contributed by atoms with E-state index in [1.165, 1.54) is 161 Å². The smallest absolute Gasteiger partial charge is 0.462 e. The number of esters is 4. The van der Waals surface area contributed by atoms with Crippen LogP contribution in [0.15, 0.2) is 0 Å². The molecule has 528 valence electrons. The highest BCUT2D eigenvalue weighted by Crippen LogP contribution is 2.45. The SMILES string of the molecule is [CH2-]CCCCCCCCCCCCCCC(=O)O[C@H](COC(=O)CCCCCCCCCCCC[CH2-])COP(=O)(O)OC[C@H](O)COP(=O)(O)OC[C@@H](COC(=O)CCCCCCCCCCC[CH2-])OC(=O)CCCCCCCCCCCCCCCCC. The van der Waals surface area contributed by atoms with Gasteiger partial charge in [0, 0.05) is 25.7 Å². The number of unbranched alkanes of at least 4 members (excludes halogenated alkanes) is 45. The first kappa shape index (κ1) is 87.1. The van der Waals surface area contributed by atoms with Gasteiger partial charge in [-0.15, -0.1) is 0 Å². The monoisotopic (exact) mass is 1310 g/mol. The summed E-state index contributed by atoms with van der Waals surface area (Å²) in [6, 6.07) is 0. The number of ether oxygens (including phenoxy) is 4. The summed E-state index contributed by atoms with van der Waals surface area (Å²) in [7, 11) is -9.91. The molecule has 0 aromatic carbocycles. The van der Waals surface area contributed by atoms with Crippen LogP contribution in [-0.2, 0) is 65.4 Å². The second-order valence-electron chi connectivity index (χ2n) is 24.8. The van der Waals surface area contributed by atoms with Crippen LogP contribution in [0.3, 0.4) is 0 Å². The van der Waals surface area contributed by atoms with Gasteiger partial charge in [0.05, 0.1) is 26.4 Å². The van der Waals surface area contributed by atoms with Crippen molar-refractivity contribution in [2.75, 3.05) is 39.6 Å². The van der Waals surface area contributed by atoms with Gasteiger partial charge in [0.15, 0.2) is 12.2 Å². The standard InChI is InChI=1S/C70H133O17P2/c1-5-9-13-17-21-25-29-31-32-34-37-41-45-49-53-57-70(75)86-65(60-80-67(72)54-50-46-42-38-28-24-20-16-12-8-4)62-84-88(76,77)82-58-64(71)59-83-89(78,79)85-63-66(61-81-68(73)55-51-47-43-39-35-27-23-19-15-11-7-3)87-69(74)56-52-48-44-40-36-33-30-26-22-18-14-10-6-2/h64-66,71H,2-63H2,1H3,(H,76,77)(H,78,79)/q-3/t64-,65-,66-/m1/s1. The lowest BCUT2D eigenvalue weighted by molar-refractivity contribution is -0.161. The summed E-state index contributed by atoms with van der Waals surface area (Å²) in [5.74, 6) is -2.15. The summed E-state index contributed by atoms with van der Waals surface area (Å²) in [4.78, 5) is 72.5. The normalized spacial score (nSPS) is 14.0. The molecule has 2 unspecified atom stereocenters. The first-order valence-corrected chi connectivity index (χ1v) is 39.2. The average molecular weight is 1310 g/mol. The van der Waals surface area contributed by atoms with E-state index in [4.69, 9.17) is 37.0 Å². The highest BCUT2D eigenvalue weighted by atomic mass is 31.2. The van der Waals surface area contributed by atoms with E-state index in [0.29, 0.717) is 25.7 Å². The number of phosphoric ester groups is 2. The van der Waals surface area contributed by atoms with Gasteiger partial charge in [0.1, 0.15) is 19.3 Å². The van der Waals surface area contributed by atoms with Gasteiger partial charge in [0.2, 0.25) is 0 Å². The third-order valence-electron chi connectivity index (χ3n) is 16.0. The molecule has 0 radical (unpaired) electrons. The van der Waals surface area contributed by atoms with E-state index in [2.05, 4.69) is 27.7 Å². The van der Waals surface area contributed by atoms with Crippen molar-refractivity contribution in [3.63, 3.8) is 0 Å². The van der Waals surface area contributed by atoms with Crippen molar-refractivity contribution < 1.29 is 80.2 Å². The number of carbonyl (C=O) groups is 4. The van der Waals surface area contributed by atoms with Gasteiger partial charge in [-0.05, 0) is 25.7 Å². The van der Waals surface area contributed by atoms with Crippen molar-refractivity contribution in [3.05, 3.63) is 20.8 Å². The van der Waals surface area contributed by atoms with E-state index >= 15 is 0 Å². The highest BCUT2D eigenvalue weighted by molar-refractivity contribution is 7.47. The molecule has 19 heteroatoms. The van der Waals surface area contributed by atoms with Crippen LogP contribution in [0.4, 0.5) is 0 Å². The zero-order chi connectivity index (χ0) is 65.4. The minimum Gasteiger partial charge on any atom is -0.462 e. The molecule has 17 nitrogen and oxygen atoms in total. The quantitative estimate of drug-likeness (QED) is 0.0169. The van der Waals surface area contributed by atoms with Crippen LogP contribution >= 0.6 is 15.6 Å². The number of rotatable bonds is 71. The minimum atomic E-state index is -4.95. The van der Waals surface area contributed by atoms with E-state index in [0.717, 1.165) is 128 Å². The number of carbonyl (C=O) groups excluding carboxylic acids is 4. The summed E-state index contributed by atoms with van der Waals surface area (Å²) in [5, 5.41) is 10.6. The van der Waals surface area contributed by atoms with Crippen LogP contribution in [0.1, 0.15) is 347 Å². The number of hydrogen-bond donors (Lipinski definition) is 3. The largest absolute Gasteiger partial charge is 0.472 e. The van der Waals surface area contributed by atoms with Gasteiger partial charge in [-0.1, -0.05) is 277 Å². The van der Waals surface area contributed by atoms with Crippen LogP contribution in [0.25, 0.3) is 0 Å². The van der Waals surface area contributed by atoms with Crippen LogP contribution in [0.5, 0.6) is 0 Å². The molecule has 0 spiro atoms. The predicted molar refractivity (Wildman–Crippen MR) is 358 cm³/mol. The first-order valence-electron chi connectivity index (χ1n) is 36.2. The number of aliphatic hydroxyl groups is 1. The molecular weight excluding hydrogens is 1170 g/mol. The fraction of sp³-hybridized carbons (Fsp3) is 0.900. The molecule has 89 heavy (non-hydrogen) atoms. The van der Waals surface area contributed by atoms with Crippen LogP contribution in [0, 0.1) is 20.8 Å².